The summed E-state index contributed by atoms with van der Waals surface area (Å²) in [5.41, 5.74) is 0. The van der Waals surface area contributed by atoms with E-state index in [1.54, 1.807) is 11.8 Å². The summed E-state index contributed by atoms with van der Waals surface area (Å²) in [6, 6.07) is 0. The van der Waals surface area contributed by atoms with Crippen LogP contribution in [0.5, 0.6) is 0 Å². The van der Waals surface area contributed by atoms with Crippen LogP contribution in [0.3, 0.4) is 0 Å². The summed E-state index contributed by atoms with van der Waals surface area (Å²) in [7, 11) is 1.97. The number of rotatable bonds is 3. The fourth-order valence-electron chi connectivity index (χ4n) is 0.581. The van der Waals surface area contributed by atoms with Gasteiger partial charge in [0.2, 0.25) is 0 Å². The van der Waals surface area contributed by atoms with Gasteiger partial charge in [0.15, 0.2) is 0 Å². The molecule has 0 aliphatic heterocycles. The Hall–Kier alpha value is 1.59. The Labute approximate surface area is 112 Å². The van der Waals surface area contributed by atoms with Crippen LogP contribution in [0, 0.1) is 5.25 Å². The maximum absolute atomic E-state index is 5.15. The molecule has 0 spiro atoms. The first kappa shape index (κ1) is 16.0. The maximum atomic E-state index is 5.15. The Morgan fingerprint density at radius 3 is 2.17 bits per heavy atom. The van der Waals surface area contributed by atoms with Crippen molar-refractivity contribution in [2.24, 2.45) is 0 Å². The van der Waals surface area contributed by atoms with E-state index in [1.807, 2.05) is 10.2 Å². The summed E-state index contributed by atoms with van der Waals surface area (Å²) in [5.74, 6) is 0. The van der Waals surface area contributed by atoms with Gasteiger partial charge < -0.3 is 3.11 Å². The SMILES string of the molecule is CC[C-](CC)SC(=S)N(C)I.[Zn]. The van der Waals surface area contributed by atoms with Crippen LogP contribution in [-0.4, -0.2) is 14.5 Å². The standard InChI is InChI=1S/C7H13INS2.Zn/c1-4-6(5-2)11-7(10)9(3)8;/h4-5H2,1-3H3;/q-1;. The number of nitrogens with zero attached hydrogens (tertiary/aromatic N) is 1. The van der Waals surface area contributed by atoms with Crippen molar-refractivity contribution in [3.8, 4) is 0 Å². The quantitative estimate of drug-likeness (QED) is 0.246. The normalized spacial score (nSPS) is 9.42. The minimum atomic E-state index is 0. The molecule has 0 bridgehead atoms. The third kappa shape index (κ3) is 7.04. The molecule has 0 N–H and O–H groups in total. The number of thioether (sulfide) groups is 1. The molecule has 68 valence electrons. The van der Waals surface area contributed by atoms with Gasteiger partial charge in [0.25, 0.3) is 0 Å². The van der Waals surface area contributed by atoms with Gasteiger partial charge in [0.05, 0.1) is 22.9 Å². The zero-order valence-electron chi connectivity index (χ0n) is 7.76. The number of thiocarbonyl (C=S) groups is 1. The molecule has 5 heteroatoms. The molecule has 0 heterocycles. The molecular weight excluding hydrogens is 355 g/mol. The first-order valence-corrected chi connectivity index (χ1v) is 5.76. The molecule has 0 aromatic carbocycles. The zero-order chi connectivity index (χ0) is 8.85. The zero-order valence-corrected chi connectivity index (χ0v) is 14.5. The second-order valence-electron chi connectivity index (χ2n) is 2.09. The summed E-state index contributed by atoms with van der Waals surface area (Å²) in [5, 5.41) is 1.46. The summed E-state index contributed by atoms with van der Waals surface area (Å²) in [4.78, 5) is 0. The molecular formula is C7H13INS2Zn-. The van der Waals surface area contributed by atoms with Gasteiger partial charge in [-0.15, -0.1) is 0 Å². The summed E-state index contributed by atoms with van der Waals surface area (Å²) in [6.07, 6.45) is 2.23. The topological polar surface area (TPSA) is 3.24 Å². The van der Waals surface area contributed by atoms with E-state index < -0.39 is 0 Å². The molecule has 0 aliphatic rings. The predicted octanol–water partition coefficient (Wildman–Crippen LogP) is 3.64. The van der Waals surface area contributed by atoms with Gasteiger partial charge in [-0.05, 0) is 0 Å². The number of halogens is 1. The molecule has 0 unspecified atom stereocenters. The molecule has 0 saturated heterocycles. The monoisotopic (exact) mass is 366 g/mol. The van der Waals surface area contributed by atoms with Gasteiger partial charge in [-0.2, -0.15) is 12.8 Å². The van der Waals surface area contributed by atoms with Crippen LogP contribution in [0.2, 0.25) is 0 Å². The van der Waals surface area contributed by atoms with E-state index >= 15 is 0 Å². The van der Waals surface area contributed by atoms with E-state index in [9.17, 15) is 0 Å². The fourth-order valence-corrected chi connectivity index (χ4v) is 1.89. The van der Waals surface area contributed by atoms with Crippen molar-refractivity contribution in [2.45, 2.75) is 26.7 Å². The molecule has 0 aromatic rings. The van der Waals surface area contributed by atoms with Gasteiger partial charge in [0, 0.05) is 26.5 Å². The van der Waals surface area contributed by atoms with Crippen molar-refractivity contribution in [3.05, 3.63) is 5.25 Å². The van der Waals surface area contributed by atoms with Crippen molar-refractivity contribution < 1.29 is 19.5 Å². The van der Waals surface area contributed by atoms with Gasteiger partial charge in [-0.25, -0.2) is 0 Å². The molecule has 0 aliphatic carbocycles. The molecule has 12 heavy (non-hydrogen) atoms. The molecule has 1 nitrogen and oxygen atoms in total. The van der Waals surface area contributed by atoms with Gasteiger partial charge in [-0.3, -0.25) is 17.0 Å². The van der Waals surface area contributed by atoms with E-state index in [4.69, 9.17) is 12.2 Å². The minimum Gasteiger partial charge on any atom is -0.305 e. The molecule has 0 rings (SSSR count). The summed E-state index contributed by atoms with van der Waals surface area (Å²) >= 11 is 9.06. The van der Waals surface area contributed by atoms with Crippen LogP contribution in [0.4, 0.5) is 0 Å². The average molecular weight is 368 g/mol. The third-order valence-corrected chi connectivity index (χ3v) is 4.25. The Bertz CT molecular complexity index is 129. The van der Waals surface area contributed by atoms with E-state index in [0.29, 0.717) is 0 Å². The van der Waals surface area contributed by atoms with Crippen molar-refractivity contribution in [1.29, 1.82) is 0 Å². The van der Waals surface area contributed by atoms with Crippen LogP contribution in [-0.2, 0) is 19.5 Å². The average Bonchev–Trinajstić information content (AvgIpc) is 1.99. The molecule has 0 amide bonds. The van der Waals surface area contributed by atoms with Crippen LogP contribution in [0.1, 0.15) is 26.7 Å². The largest absolute Gasteiger partial charge is 0.305 e. The maximum Gasteiger partial charge on any atom is 0.112 e. The van der Waals surface area contributed by atoms with Crippen molar-refractivity contribution >= 4 is 51.2 Å². The van der Waals surface area contributed by atoms with Crippen molar-refractivity contribution in [2.75, 3.05) is 7.05 Å². The van der Waals surface area contributed by atoms with Gasteiger partial charge in [0.1, 0.15) is 4.32 Å². The molecule has 0 aromatic heterocycles. The summed E-state index contributed by atoms with van der Waals surface area (Å²) in [6.45, 7) is 4.34. The first-order valence-electron chi connectivity index (χ1n) is 3.57. The van der Waals surface area contributed by atoms with Crippen molar-refractivity contribution in [1.82, 2.24) is 3.11 Å². The Morgan fingerprint density at radius 1 is 1.50 bits per heavy atom. The minimum absolute atomic E-state index is 0. The van der Waals surface area contributed by atoms with E-state index in [-0.39, 0.29) is 19.5 Å². The third-order valence-electron chi connectivity index (χ3n) is 1.27. The summed E-state index contributed by atoms with van der Waals surface area (Å²) < 4.78 is 2.90. The molecule has 0 fully saturated rings. The van der Waals surface area contributed by atoms with Gasteiger partial charge in [-0.1, -0.05) is 26.1 Å². The molecule has 0 atom stereocenters. The van der Waals surface area contributed by atoms with Gasteiger partial charge >= 0.3 is 0 Å². The fraction of sp³-hybridized carbons (Fsp3) is 0.714. The van der Waals surface area contributed by atoms with E-state index in [2.05, 4.69) is 36.7 Å². The van der Waals surface area contributed by atoms with Crippen molar-refractivity contribution in [3.63, 3.8) is 0 Å². The molecule has 0 saturated carbocycles. The number of hydrogen-bond donors (Lipinski definition) is 0. The second kappa shape index (κ2) is 9.16. The molecule has 0 radical (unpaired) electrons. The van der Waals surface area contributed by atoms with Crippen LogP contribution in [0.25, 0.3) is 0 Å². The first-order chi connectivity index (χ1) is 5.11. The second-order valence-corrected chi connectivity index (χ2v) is 5.35. The van der Waals surface area contributed by atoms with Crippen LogP contribution < -0.4 is 0 Å². The van der Waals surface area contributed by atoms with Crippen LogP contribution >= 0.6 is 46.8 Å². The number of hydrogen-bond acceptors (Lipinski definition) is 2. The van der Waals surface area contributed by atoms with E-state index in [0.717, 1.165) is 17.2 Å². The van der Waals surface area contributed by atoms with Crippen LogP contribution in [0.15, 0.2) is 0 Å². The Morgan fingerprint density at radius 2 is 1.92 bits per heavy atom. The Kier molecular flexibility index (Phi) is 12.2. The smallest absolute Gasteiger partial charge is 0.112 e. The predicted molar refractivity (Wildman–Crippen MR) is 65.8 cm³/mol. The Balaban J connectivity index is 0. The van der Waals surface area contributed by atoms with E-state index in [1.165, 1.54) is 5.25 Å².